The van der Waals surface area contributed by atoms with Crippen LogP contribution in [0.1, 0.15) is 54.1 Å². The maximum absolute atomic E-state index is 13.8. The molecule has 0 spiro atoms. The topological polar surface area (TPSA) is 67.7 Å². The zero-order valence-electron chi connectivity index (χ0n) is 17.2. The second-order valence-corrected chi connectivity index (χ2v) is 9.24. The Morgan fingerprint density at radius 2 is 2.03 bits per heavy atom. The summed E-state index contributed by atoms with van der Waals surface area (Å²) in [6.07, 6.45) is 9.13. The summed E-state index contributed by atoms with van der Waals surface area (Å²) in [5.74, 6) is 1.47. The first-order chi connectivity index (χ1) is 14.5. The Morgan fingerprint density at radius 1 is 1.20 bits per heavy atom. The third-order valence-electron chi connectivity index (χ3n) is 7.18. The molecule has 154 valence electrons. The average Bonchev–Trinajstić information content (AvgIpc) is 3.29. The average molecular weight is 404 g/mol. The number of aromatic nitrogens is 4. The number of nitrogens with one attached hydrogen (secondary N) is 2. The van der Waals surface area contributed by atoms with Gasteiger partial charge in [-0.05, 0) is 56.7 Å². The van der Waals surface area contributed by atoms with Crippen molar-refractivity contribution in [3.8, 4) is 0 Å². The molecular weight excluding hydrogens is 379 g/mol. The first-order valence-electron chi connectivity index (χ1n) is 10.6. The van der Waals surface area contributed by atoms with E-state index in [1.165, 1.54) is 6.07 Å². The molecule has 2 N–H and O–H groups in total. The molecule has 7 heteroatoms. The van der Waals surface area contributed by atoms with E-state index in [4.69, 9.17) is 9.97 Å². The number of halogens is 1. The number of hydrogen-bond acceptors (Lipinski definition) is 5. The minimum atomic E-state index is -0.198. The predicted molar refractivity (Wildman–Crippen MR) is 113 cm³/mol. The molecule has 1 aromatic carbocycles. The molecule has 1 atom stereocenters. The minimum absolute atomic E-state index is 0.0738. The van der Waals surface area contributed by atoms with Gasteiger partial charge in [-0.2, -0.15) is 4.98 Å². The van der Waals surface area contributed by atoms with E-state index in [1.54, 1.807) is 12.1 Å². The van der Waals surface area contributed by atoms with Gasteiger partial charge in [0.15, 0.2) is 0 Å². The Hall–Kier alpha value is -2.96. The first kappa shape index (κ1) is 17.9. The number of anilines is 2. The SMILES string of the molecule is CNc1nc(NC23CC(n4cnc(C)c4)(C2)C3)nc2c1CC[C@@H]2c1cccc(F)c1. The minimum Gasteiger partial charge on any atom is -0.373 e. The van der Waals surface area contributed by atoms with Gasteiger partial charge < -0.3 is 15.2 Å². The summed E-state index contributed by atoms with van der Waals surface area (Å²) in [6.45, 7) is 2.03. The zero-order chi connectivity index (χ0) is 20.5. The second kappa shape index (κ2) is 6.03. The lowest BCUT2D eigenvalue weighted by Crippen LogP contribution is -2.75. The normalized spacial score (nSPS) is 28.4. The Balaban J connectivity index is 1.27. The lowest BCUT2D eigenvalue weighted by molar-refractivity contribution is -0.100. The largest absolute Gasteiger partial charge is 0.373 e. The van der Waals surface area contributed by atoms with E-state index in [0.29, 0.717) is 5.95 Å². The van der Waals surface area contributed by atoms with Gasteiger partial charge in [-0.25, -0.2) is 14.4 Å². The quantitative estimate of drug-likeness (QED) is 0.673. The van der Waals surface area contributed by atoms with Crippen molar-refractivity contribution < 1.29 is 4.39 Å². The van der Waals surface area contributed by atoms with Gasteiger partial charge in [0, 0.05) is 30.3 Å². The summed E-state index contributed by atoms with van der Waals surface area (Å²) in [5.41, 5.74) is 4.51. The lowest BCUT2D eigenvalue weighted by atomic mass is 9.44. The number of benzene rings is 1. The van der Waals surface area contributed by atoms with Crippen LogP contribution >= 0.6 is 0 Å². The summed E-state index contributed by atoms with van der Waals surface area (Å²) < 4.78 is 16.1. The van der Waals surface area contributed by atoms with Crippen molar-refractivity contribution in [3.05, 3.63) is 65.1 Å². The van der Waals surface area contributed by atoms with Gasteiger partial charge in [0.2, 0.25) is 5.95 Å². The van der Waals surface area contributed by atoms with E-state index in [0.717, 1.165) is 60.4 Å². The van der Waals surface area contributed by atoms with Crippen molar-refractivity contribution >= 4 is 11.8 Å². The molecule has 0 unspecified atom stereocenters. The van der Waals surface area contributed by atoms with Crippen LogP contribution in [-0.4, -0.2) is 32.1 Å². The molecule has 2 aromatic heterocycles. The van der Waals surface area contributed by atoms with Gasteiger partial charge >= 0.3 is 0 Å². The molecule has 3 saturated carbocycles. The van der Waals surface area contributed by atoms with Gasteiger partial charge in [-0.3, -0.25) is 0 Å². The molecule has 4 aliphatic carbocycles. The highest BCUT2D eigenvalue weighted by molar-refractivity contribution is 5.56. The number of hydrogen-bond donors (Lipinski definition) is 2. The molecular formula is C23H25FN6. The van der Waals surface area contributed by atoms with Crippen LogP contribution in [0.4, 0.5) is 16.2 Å². The molecule has 3 fully saturated rings. The number of rotatable bonds is 5. The summed E-state index contributed by atoms with van der Waals surface area (Å²) in [6, 6.07) is 6.90. The summed E-state index contributed by atoms with van der Waals surface area (Å²) in [5, 5.41) is 6.88. The number of imidazole rings is 1. The van der Waals surface area contributed by atoms with E-state index >= 15 is 0 Å². The van der Waals surface area contributed by atoms with Crippen molar-refractivity contribution in [1.82, 2.24) is 19.5 Å². The Morgan fingerprint density at radius 3 is 2.73 bits per heavy atom. The van der Waals surface area contributed by atoms with Crippen LogP contribution < -0.4 is 10.6 Å². The highest BCUT2D eigenvalue weighted by Gasteiger charge is 2.69. The Labute approximate surface area is 175 Å². The van der Waals surface area contributed by atoms with Crippen molar-refractivity contribution in [2.75, 3.05) is 17.7 Å². The first-order valence-corrected chi connectivity index (χ1v) is 10.6. The van der Waals surface area contributed by atoms with Gasteiger partial charge in [-0.15, -0.1) is 0 Å². The molecule has 30 heavy (non-hydrogen) atoms. The number of fused-ring (bicyclic) bond motifs is 1. The molecule has 7 rings (SSSR count). The second-order valence-electron chi connectivity index (χ2n) is 9.24. The van der Waals surface area contributed by atoms with Crippen LogP contribution in [0.25, 0.3) is 0 Å². The maximum atomic E-state index is 13.8. The molecule has 0 aliphatic heterocycles. The number of nitrogens with zero attached hydrogens (tertiary/aromatic N) is 4. The molecule has 4 aliphatic rings. The highest BCUT2D eigenvalue weighted by Crippen LogP contribution is 2.66. The van der Waals surface area contributed by atoms with Crippen molar-refractivity contribution in [1.29, 1.82) is 0 Å². The van der Waals surface area contributed by atoms with Crippen LogP contribution in [0.5, 0.6) is 0 Å². The van der Waals surface area contributed by atoms with E-state index < -0.39 is 0 Å². The third-order valence-corrected chi connectivity index (χ3v) is 7.18. The monoisotopic (exact) mass is 404 g/mol. The lowest BCUT2D eigenvalue weighted by Gasteiger charge is -2.70. The standard InChI is InChI=1S/C23H25FN6/c1-14-9-30(13-26-14)23-10-22(11-23,12-23)29-21-27-19-17(15-4-3-5-16(24)8-15)6-7-18(19)20(25-2)28-21/h3-5,8-9,13,17H,6-7,10-12H2,1-2H3,(H2,25,27,28,29)/t17-,22?,23?/m1/s1. The molecule has 2 bridgehead atoms. The fourth-order valence-corrected chi connectivity index (χ4v) is 5.83. The maximum Gasteiger partial charge on any atom is 0.225 e. The molecule has 3 aromatic rings. The zero-order valence-corrected chi connectivity index (χ0v) is 17.2. The van der Waals surface area contributed by atoms with E-state index in [9.17, 15) is 4.39 Å². The van der Waals surface area contributed by atoms with E-state index in [2.05, 4.69) is 26.4 Å². The van der Waals surface area contributed by atoms with E-state index in [1.807, 2.05) is 26.4 Å². The molecule has 0 radical (unpaired) electrons. The smallest absolute Gasteiger partial charge is 0.225 e. The third kappa shape index (κ3) is 2.50. The molecule has 2 heterocycles. The van der Waals surface area contributed by atoms with Gasteiger partial charge in [0.25, 0.3) is 0 Å². The summed E-state index contributed by atoms with van der Waals surface area (Å²) in [4.78, 5) is 14.1. The van der Waals surface area contributed by atoms with Crippen LogP contribution in [0.15, 0.2) is 36.8 Å². The van der Waals surface area contributed by atoms with Crippen molar-refractivity contribution in [3.63, 3.8) is 0 Å². The van der Waals surface area contributed by atoms with E-state index in [-0.39, 0.29) is 22.8 Å². The molecule has 0 amide bonds. The fraction of sp³-hybridized carbons (Fsp3) is 0.435. The Kier molecular flexibility index (Phi) is 3.59. The van der Waals surface area contributed by atoms with Crippen LogP contribution in [0.2, 0.25) is 0 Å². The summed E-state index contributed by atoms with van der Waals surface area (Å²) >= 11 is 0. The van der Waals surface area contributed by atoms with Gasteiger partial charge in [0.1, 0.15) is 11.6 Å². The Bertz CT molecular complexity index is 1130. The fourth-order valence-electron chi connectivity index (χ4n) is 5.83. The summed E-state index contributed by atoms with van der Waals surface area (Å²) in [7, 11) is 1.90. The molecule has 0 saturated heterocycles. The highest BCUT2D eigenvalue weighted by atomic mass is 19.1. The number of aryl methyl sites for hydroxylation is 1. The predicted octanol–water partition coefficient (Wildman–Crippen LogP) is 3.98. The van der Waals surface area contributed by atoms with Gasteiger partial charge in [0.05, 0.1) is 23.3 Å². The van der Waals surface area contributed by atoms with Gasteiger partial charge in [-0.1, -0.05) is 12.1 Å². The molecule has 6 nitrogen and oxygen atoms in total. The van der Waals surface area contributed by atoms with Crippen LogP contribution in [0, 0.1) is 12.7 Å². The van der Waals surface area contributed by atoms with Crippen LogP contribution in [-0.2, 0) is 12.0 Å². The van der Waals surface area contributed by atoms with Crippen molar-refractivity contribution in [2.24, 2.45) is 0 Å². The van der Waals surface area contributed by atoms with Crippen LogP contribution in [0.3, 0.4) is 0 Å². The van der Waals surface area contributed by atoms with Crippen molar-refractivity contribution in [2.45, 2.75) is 56.0 Å².